The van der Waals surface area contributed by atoms with Crippen molar-refractivity contribution in [2.75, 3.05) is 18.5 Å². The van der Waals surface area contributed by atoms with E-state index in [1.54, 1.807) is 25.2 Å². The molecule has 5 heteroatoms. The highest BCUT2D eigenvalue weighted by molar-refractivity contribution is 6.02. The number of carboxylic acids is 1. The van der Waals surface area contributed by atoms with Gasteiger partial charge in [0.25, 0.3) is 0 Å². The molecule has 104 valence electrons. The number of nitrogens with zero attached hydrogens (tertiary/aromatic N) is 1. The smallest absolute Gasteiger partial charge is 0.337 e. The monoisotopic (exact) mass is 264 g/mol. The maximum absolute atomic E-state index is 12.0. The molecule has 5 nitrogen and oxygen atoms in total. The van der Waals surface area contributed by atoms with Crippen molar-refractivity contribution in [1.29, 1.82) is 0 Å². The number of anilines is 1. The lowest BCUT2D eigenvalue weighted by Crippen LogP contribution is -2.44. The summed E-state index contributed by atoms with van der Waals surface area (Å²) in [6.45, 7) is 6.05. The molecule has 0 aliphatic heterocycles. The van der Waals surface area contributed by atoms with Crippen molar-refractivity contribution < 1.29 is 14.7 Å². The first-order valence-corrected chi connectivity index (χ1v) is 6.06. The van der Waals surface area contributed by atoms with Crippen LogP contribution in [0.25, 0.3) is 0 Å². The van der Waals surface area contributed by atoms with Crippen LogP contribution in [0, 0.1) is 0 Å². The summed E-state index contributed by atoms with van der Waals surface area (Å²) >= 11 is 0. The van der Waals surface area contributed by atoms with Crippen molar-refractivity contribution in [3.05, 3.63) is 29.8 Å². The number of carboxylic acid groups (broad SMARTS) is 1. The van der Waals surface area contributed by atoms with Crippen molar-refractivity contribution in [2.45, 2.75) is 26.3 Å². The Labute approximate surface area is 113 Å². The fraction of sp³-hybridized carbons (Fsp3) is 0.429. The molecule has 2 N–H and O–H groups in total. The predicted octanol–water partition coefficient (Wildman–Crippen LogP) is 1.74. The van der Waals surface area contributed by atoms with Gasteiger partial charge in [0.05, 0.1) is 17.8 Å². The zero-order valence-electron chi connectivity index (χ0n) is 11.7. The number of hydrogen-bond donors (Lipinski definition) is 2. The van der Waals surface area contributed by atoms with Gasteiger partial charge < -0.3 is 15.3 Å². The number of benzene rings is 1. The number of nitrogens with one attached hydrogen (secondary N) is 1. The van der Waals surface area contributed by atoms with Crippen molar-refractivity contribution in [3.8, 4) is 0 Å². The maximum atomic E-state index is 12.0. The molecular weight excluding hydrogens is 244 g/mol. The van der Waals surface area contributed by atoms with Crippen molar-refractivity contribution in [1.82, 2.24) is 5.32 Å². The standard InChI is InChI=1S/C14H20N2O3/c1-14(2,3)15-9-12(17)16(4)11-8-6-5-7-10(11)13(18)19/h5-8,15H,9H2,1-4H3,(H,18,19). The summed E-state index contributed by atoms with van der Waals surface area (Å²) in [6.07, 6.45) is 0. The molecule has 0 atom stereocenters. The fourth-order valence-corrected chi connectivity index (χ4v) is 1.54. The largest absolute Gasteiger partial charge is 0.478 e. The lowest BCUT2D eigenvalue weighted by molar-refractivity contribution is -0.117. The summed E-state index contributed by atoms with van der Waals surface area (Å²) < 4.78 is 0. The zero-order valence-corrected chi connectivity index (χ0v) is 11.7. The van der Waals surface area contributed by atoms with Crippen LogP contribution in [0.2, 0.25) is 0 Å². The second-order valence-electron chi connectivity index (χ2n) is 5.38. The first-order valence-electron chi connectivity index (χ1n) is 6.06. The zero-order chi connectivity index (χ0) is 14.6. The van der Waals surface area contributed by atoms with E-state index >= 15 is 0 Å². The average molecular weight is 264 g/mol. The molecule has 1 aromatic carbocycles. The topological polar surface area (TPSA) is 69.6 Å². The Hall–Kier alpha value is -1.88. The van der Waals surface area contributed by atoms with Crippen molar-refractivity contribution >= 4 is 17.6 Å². The van der Waals surface area contributed by atoms with Gasteiger partial charge in [-0.2, -0.15) is 0 Å². The molecule has 0 saturated heterocycles. The van der Waals surface area contributed by atoms with E-state index in [1.807, 2.05) is 20.8 Å². The minimum atomic E-state index is -1.04. The summed E-state index contributed by atoms with van der Waals surface area (Å²) in [5.74, 6) is -1.22. The Morgan fingerprint density at radius 3 is 2.37 bits per heavy atom. The molecule has 0 radical (unpaired) electrons. The van der Waals surface area contributed by atoms with Crippen LogP contribution in [-0.4, -0.2) is 36.1 Å². The van der Waals surface area contributed by atoms with E-state index in [-0.39, 0.29) is 23.6 Å². The molecule has 0 saturated carbocycles. The summed E-state index contributed by atoms with van der Waals surface area (Å²) in [4.78, 5) is 24.5. The molecule has 0 unspecified atom stereocenters. The van der Waals surface area contributed by atoms with E-state index < -0.39 is 5.97 Å². The highest BCUT2D eigenvalue weighted by Gasteiger charge is 2.19. The van der Waals surface area contributed by atoms with E-state index in [2.05, 4.69) is 5.32 Å². The second-order valence-corrected chi connectivity index (χ2v) is 5.38. The van der Waals surface area contributed by atoms with Crippen LogP contribution in [0.15, 0.2) is 24.3 Å². The fourth-order valence-electron chi connectivity index (χ4n) is 1.54. The molecule has 1 rings (SSSR count). The predicted molar refractivity (Wildman–Crippen MR) is 74.6 cm³/mol. The molecule has 0 aromatic heterocycles. The Kier molecular flexibility index (Phi) is 4.67. The van der Waals surface area contributed by atoms with Crippen molar-refractivity contribution in [3.63, 3.8) is 0 Å². The molecule has 1 amide bonds. The van der Waals surface area contributed by atoms with E-state index in [4.69, 9.17) is 5.11 Å². The van der Waals surface area contributed by atoms with Gasteiger partial charge in [-0.05, 0) is 32.9 Å². The Bertz CT molecular complexity index is 478. The van der Waals surface area contributed by atoms with Gasteiger partial charge in [-0.1, -0.05) is 12.1 Å². The van der Waals surface area contributed by atoms with Gasteiger partial charge in [-0.15, -0.1) is 0 Å². The number of carbonyl (C=O) groups excluding carboxylic acids is 1. The first kappa shape index (κ1) is 15.2. The quantitative estimate of drug-likeness (QED) is 0.869. The molecule has 0 aliphatic carbocycles. The molecule has 0 spiro atoms. The van der Waals surface area contributed by atoms with Gasteiger partial charge in [-0.3, -0.25) is 4.79 Å². The third-order valence-electron chi connectivity index (χ3n) is 2.64. The third kappa shape index (κ3) is 4.37. The number of aromatic carboxylic acids is 1. The highest BCUT2D eigenvalue weighted by Crippen LogP contribution is 2.19. The van der Waals surface area contributed by atoms with Gasteiger partial charge in [0.2, 0.25) is 5.91 Å². The van der Waals surface area contributed by atoms with Crippen LogP contribution in [0.3, 0.4) is 0 Å². The molecule has 0 aliphatic rings. The summed E-state index contributed by atoms with van der Waals surface area (Å²) in [5, 5.41) is 12.2. The van der Waals surface area contributed by atoms with E-state index in [1.165, 1.54) is 11.0 Å². The van der Waals surface area contributed by atoms with Crippen LogP contribution in [0.1, 0.15) is 31.1 Å². The van der Waals surface area contributed by atoms with Gasteiger partial charge >= 0.3 is 5.97 Å². The molecular formula is C14H20N2O3. The Balaban J connectivity index is 2.86. The molecule has 1 aromatic rings. The van der Waals surface area contributed by atoms with Gasteiger partial charge in [0.15, 0.2) is 0 Å². The van der Waals surface area contributed by atoms with Gasteiger partial charge in [0.1, 0.15) is 0 Å². The molecule has 0 fully saturated rings. The lowest BCUT2D eigenvalue weighted by Gasteiger charge is -2.24. The number of rotatable bonds is 4. The first-order chi connectivity index (χ1) is 8.72. The Morgan fingerprint density at radius 2 is 1.84 bits per heavy atom. The SMILES string of the molecule is CN(C(=O)CNC(C)(C)C)c1ccccc1C(=O)O. The maximum Gasteiger partial charge on any atom is 0.337 e. The van der Waals surface area contributed by atoms with Crippen LogP contribution >= 0.6 is 0 Å². The van der Waals surface area contributed by atoms with Crippen molar-refractivity contribution in [2.24, 2.45) is 0 Å². The van der Waals surface area contributed by atoms with Gasteiger partial charge in [-0.25, -0.2) is 4.79 Å². The van der Waals surface area contributed by atoms with Gasteiger partial charge in [0, 0.05) is 12.6 Å². The summed E-state index contributed by atoms with van der Waals surface area (Å²) in [6, 6.07) is 6.46. The van der Waals surface area contributed by atoms with Crippen LogP contribution in [0.4, 0.5) is 5.69 Å². The van der Waals surface area contributed by atoms with E-state index in [0.717, 1.165) is 0 Å². The molecule has 0 heterocycles. The number of para-hydroxylation sites is 1. The second kappa shape index (κ2) is 5.84. The number of amides is 1. The third-order valence-corrected chi connectivity index (χ3v) is 2.64. The minimum Gasteiger partial charge on any atom is -0.478 e. The minimum absolute atomic E-state index is 0.120. The lowest BCUT2D eigenvalue weighted by atomic mass is 10.1. The van der Waals surface area contributed by atoms with Crippen LogP contribution in [-0.2, 0) is 4.79 Å². The number of hydrogen-bond acceptors (Lipinski definition) is 3. The van der Waals surface area contributed by atoms with E-state index in [0.29, 0.717) is 5.69 Å². The van der Waals surface area contributed by atoms with E-state index in [9.17, 15) is 9.59 Å². The number of carbonyl (C=O) groups is 2. The van der Waals surface area contributed by atoms with Crippen LogP contribution in [0.5, 0.6) is 0 Å². The average Bonchev–Trinajstić information content (AvgIpc) is 2.34. The highest BCUT2D eigenvalue weighted by atomic mass is 16.4. The molecule has 0 bridgehead atoms. The molecule has 19 heavy (non-hydrogen) atoms. The summed E-state index contributed by atoms with van der Waals surface area (Å²) in [7, 11) is 1.58. The number of likely N-dealkylation sites (N-methyl/N-ethyl adjacent to an activating group) is 1. The normalized spacial score (nSPS) is 11.2. The summed E-state index contributed by atoms with van der Waals surface area (Å²) in [5.41, 5.74) is 0.354. The Morgan fingerprint density at radius 1 is 1.26 bits per heavy atom. The van der Waals surface area contributed by atoms with Crippen LogP contribution < -0.4 is 10.2 Å².